The first-order valence-corrected chi connectivity index (χ1v) is 11.1. The molecule has 0 saturated carbocycles. The van der Waals surface area contributed by atoms with Crippen LogP contribution in [0.2, 0.25) is 0 Å². The molecule has 5 aromatic rings. The van der Waals surface area contributed by atoms with Gasteiger partial charge in [-0.1, -0.05) is 12.1 Å². The Morgan fingerprint density at radius 2 is 1.94 bits per heavy atom. The van der Waals surface area contributed by atoms with Gasteiger partial charge in [0.1, 0.15) is 10.6 Å². The minimum absolute atomic E-state index is 0.243. The first-order chi connectivity index (χ1) is 15.2. The summed E-state index contributed by atoms with van der Waals surface area (Å²) in [6, 6.07) is 9.99. The number of benzene rings is 1. The number of hydrogen-bond donors (Lipinski definition) is 0. The summed E-state index contributed by atoms with van der Waals surface area (Å²) in [5.41, 5.74) is 3.28. The Morgan fingerprint density at radius 1 is 1.10 bits per heavy atom. The third-order valence-electron chi connectivity index (χ3n) is 5.81. The largest absolute Gasteiger partial charge is 0.352 e. The van der Waals surface area contributed by atoms with Crippen LogP contribution >= 0.6 is 11.3 Å². The summed E-state index contributed by atoms with van der Waals surface area (Å²) in [5, 5.41) is 5.57. The van der Waals surface area contributed by atoms with Gasteiger partial charge >= 0.3 is 5.69 Å². The molecule has 6 nitrogen and oxygen atoms in total. The predicted octanol–water partition coefficient (Wildman–Crippen LogP) is 4.23. The molecule has 0 fully saturated rings. The molecule has 0 saturated heterocycles. The zero-order valence-electron chi connectivity index (χ0n) is 16.6. The molecule has 0 amide bonds. The van der Waals surface area contributed by atoms with Gasteiger partial charge in [0.25, 0.3) is 0 Å². The van der Waals surface area contributed by atoms with Crippen LogP contribution in [-0.2, 0) is 19.4 Å². The number of aryl methyl sites for hydroxylation is 2. The average molecular weight is 431 g/mol. The van der Waals surface area contributed by atoms with Crippen LogP contribution in [0.15, 0.2) is 53.6 Å². The highest BCUT2D eigenvalue weighted by Gasteiger charge is 2.24. The quantitative estimate of drug-likeness (QED) is 0.429. The summed E-state index contributed by atoms with van der Waals surface area (Å²) in [5.74, 6) is 0.197. The number of halogens is 1. The van der Waals surface area contributed by atoms with E-state index in [0.29, 0.717) is 18.0 Å². The fourth-order valence-corrected chi connectivity index (χ4v) is 5.69. The van der Waals surface area contributed by atoms with E-state index in [2.05, 4.69) is 10.1 Å². The second kappa shape index (κ2) is 7.09. The van der Waals surface area contributed by atoms with E-state index in [0.717, 1.165) is 47.0 Å². The maximum Gasteiger partial charge on any atom is 0.352 e. The monoisotopic (exact) mass is 431 g/mol. The molecule has 0 unspecified atom stereocenters. The summed E-state index contributed by atoms with van der Waals surface area (Å²) in [4.78, 5) is 24.7. The van der Waals surface area contributed by atoms with Crippen molar-refractivity contribution < 1.29 is 4.39 Å². The van der Waals surface area contributed by atoms with Crippen LogP contribution in [0.3, 0.4) is 0 Å². The van der Waals surface area contributed by atoms with Gasteiger partial charge in [-0.3, -0.25) is 9.55 Å². The smallest absolute Gasteiger partial charge is 0.278 e. The highest BCUT2D eigenvalue weighted by molar-refractivity contribution is 7.19. The number of pyridine rings is 1. The Labute approximate surface area is 180 Å². The lowest BCUT2D eigenvalue weighted by molar-refractivity contribution is 0.626. The fraction of sp³-hybridized carbons (Fsp3) is 0.217. The van der Waals surface area contributed by atoms with E-state index >= 15 is 0 Å². The van der Waals surface area contributed by atoms with E-state index in [-0.39, 0.29) is 11.5 Å². The molecule has 0 radical (unpaired) electrons. The van der Waals surface area contributed by atoms with E-state index in [9.17, 15) is 9.18 Å². The third kappa shape index (κ3) is 2.97. The van der Waals surface area contributed by atoms with E-state index in [1.54, 1.807) is 40.4 Å². The highest BCUT2D eigenvalue weighted by atomic mass is 32.1. The summed E-state index contributed by atoms with van der Waals surface area (Å²) < 4.78 is 16.6. The van der Waals surface area contributed by atoms with Crippen molar-refractivity contribution in [1.82, 2.24) is 24.1 Å². The second-order valence-corrected chi connectivity index (χ2v) is 8.88. The number of thiophene rings is 1. The van der Waals surface area contributed by atoms with Crippen LogP contribution in [0.25, 0.3) is 27.3 Å². The average Bonchev–Trinajstić information content (AvgIpc) is 3.40. The predicted molar refractivity (Wildman–Crippen MR) is 118 cm³/mol. The Bertz CT molecular complexity index is 1480. The van der Waals surface area contributed by atoms with E-state index in [4.69, 9.17) is 4.98 Å². The summed E-state index contributed by atoms with van der Waals surface area (Å²) in [6.45, 7) is 0.354. The van der Waals surface area contributed by atoms with Crippen molar-refractivity contribution in [1.29, 1.82) is 0 Å². The molecular weight excluding hydrogens is 413 g/mol. The minimum Gasteiger partial charge on any atom is -0.278 e. The normalized spacial score (nSPS) is 13.7. The minimum atomic E-state index is -0.291. The molecule has 0 aliphatic heterocycles. The van der Waals surface area contributed by atoms with Gasteiger partial charge in [-0.2, -0.15) is 4.52 Å². The zero-order chi connectivity index (χ0) is 20.9. The molecule has 0 bridgehead atoms. The first-order valence-electron chi connectivity index (χ1n) is 10.3. The summed E-state index contributed by atoms with van der Waals surface area (Å²) in [7, 11) is 0. The second-order valence-electron chi connectivity index (χ2n) is 7.80. The molecule has 6 rings (SSSR count). The van der Waals surface area contributed by atoms with Gasteiger partial charge in [0.15, 0.2) is 11.5 Å². The van der Waals surface area contributed by atoms with Crippen LogP contribution in [-0.4, -0.2) is 24.1 Å². The van der Waals surface area contributed by atoms with Gasteiger partial charge in [0.05, 0.1) is 11.9 Å². The number of rotatable bonds is 3. The molecule has 31 heavy (non-hydrogen) atoms. The maximum absolute atomic E-state index is 13.5. The lowest BCUT2D eigenvalue weighted by Crippen LogP contribution is -2.28. The number of fused-ring (bicyclic) bond motifs is 5. The van der Waals surface area contributed by atoms with Crippen molar-refractivity contribution in [2.45, 2.75) is 32.2 Å². The lowest BCUT2D eigenvalue weighted by atomic mass is 9.97. The Kier molecular flexibility index (Phi) is 4.21. The maximum atomic E-state index is 13.5. The van der Waals surface area contributed by atoms with Crippen LogP contribution in [0.4, 0.5) is 4.39 Å². The SMILES string of the molecule is O=c1n(Cc2ccc(F)cc2)c2sc3c(c2c2nc(-c4cccnc4)nn12)CCCC3. The molecule has 4 heterocycles. The molecule has 1 aromatic carbocycles. The van der Waals surface area contributed by atoms with E-state index in [1.807, 2.05) is 12.1 Å². The number of hydrogen-bond acceptors (Lipinski definition) is 5. The first kappa shape index (κ1) is 18.4. The van der Waals surface area contributed by atoms with Crippen LogP contribution in [0.5, 0.6) is 0 Å². The van der Waals surface area contributed by atoms with Crippen LogP contribution < -0.4 is 5.69 Å². The van der Waals surface area contributed by atoms with Gasteiger partial charge in [0.2, 0.25) is 0 Å². The van der Waals surface area contributed by atoms with Crippen molar-refractivity contribution in [3.8, 4) is 11.4 Å². The fourth-order valence-electron chi connectivity index (χ4n) is 4.31. The van der Waals surface area contributed by atoms with Gasteiger partial charge in [-0.15, -0.1) is 16.4 Å². The van der Waals surface area contributed by atoms with Crippen molar-refractivity contribution in [2.24, 2.45) is 0 Å². The number of nitrogens with zero attached hydrogens (tertiary/aromatic N) is 5. The zero-order valence-corrected chi connectivity index (χ0v) is 17.4. The molecule has 8 heteroatoms. The summed E-state index contributed by atoms with van der Waals surface area (Å²) >= 11 is 1.68. The van der Waals surface area contributed by atoms with Gasteiger partial charge in [0, 0.05) is 22.8 Å². The Balaban J connectivity index is 1.65. The highest BCUT2D eigenvalue weighted by Crippen LogP contribution is 2.38. The molecule has 4 aromatic heterocycles. The third-order valence-corrected chi connectivity index (χ3v) is 7.13. The molecule has 0 N–H and O–H groups in total. The standard InChI is InChI=1S/C23H18FN5OS/c24-16-9-7-14(8-10-16)13-28-22-19(17-5-1-2-6-18(17)31-22)21-26-20(27-29(21)23(28)30)15-4-3-11-25-12-15/h3-4,7-12H,1-2,5-6,13H2. The van der Waals surface area contributed by atoms with E-state index in [1.165, 1.54) is 27.1 Å². The van der Waals surface area contributed by atoms with Crippen LogP contribution in [0, 0.1) is 5.82 Å². The Morgan fingerprint density at radius 3 is 2.74 bits per heavy atom. The van der Waals surface area contributed by atoms with Gasteiger partial charge < -0.3 is 0 Å². The van der Waals surface area contributed by atoms with Gasteiger partial charge in [-0.25, -0.2) is 14.2 Å². The number of aromatic nitrogens is 5. The van der Waals surface area contributed by atoms with Crippen molar-refractivity contribution in [3.63, 3.8) is 0 Å². The van der Waals surface area contributed by atoms with Crippen molar-refractivity contribution in [2.75, 3.05) is 0 Å². The van der Waals surface area contributed by atoms with Crippen molar-refractivity contribution >= 4 is 27.2 Å². The van der Waals surface area contributed by atoms with Crippen molar-refractivity contribution in [3.05, 3.63) is 81.1 Å². The van der Waals surface area contributed by atoms with Crippen LogP contribution in [0.1, 0.15) is 28.8 Å². The van der Waals surface area contributed by atoms with Gasteiger partial charge in [-0.05, 0) is 61.1 Å². The molecule has 1 aliphatic rings. The molecular formula is C23H18FN5OS. The summed E-state index contributed by atoms with van der Waals surface area (Å²) in [6.07, 6.45) is 7.69. The van der Waals surface area contributed by atoms with E-state index < -0.39 is 0 Å². The molecule has 1 aliphatic carbocycles. The topological polar surface area (TPSA) is 65.1 Å². The molecule has 0 spiro atoms. The Hall–Kier alpha value is -3.39. The molecule has 0 atom stereocenters. The molecule has 154 valence electrons. The lowest BCUT2D eigenvalue weighted by Gasteiger charge is -2.11.